The zero-order valence-electron chi connectivity index (χ0n) is 38.2. The van der Waals surface area contributed by atoms with Crippen LogP contribution in [0.3, 0.4) is 0 Å². The number of allylic oxidation sites excluding steroid dienone is 6. The standard InChI is InChI=1S/2C25H34O5.2H2N.Pt/c2*1-5-6-7-8-18-14-21(26)25(20-13-17(4)9-10-19(20)16(2)3)22(15-18)30-24(29)12-11-23(27)28;;;/h2*13-15,19-20,26H,2,5-12H2,1,3-4H3,(H,27,28);2*1H2;/q;;2*-1;+2/t2*19-,20+;;;/m11.../s1. The number of aliphatic carboxylic acids is 2. The first-order valence-electron chi connectivity index (χ1n) is 21.7. The molecule has 0 radical (unpaired) electrons. The average molecular weight is 1060 g/mol. The Morgan fingerprint density at radius 3 is 1.27 bits per heavy atom. The first-order valence-corrected chi connectivity index (χ1v) is 21.7. The number of carbonyl (C=O) groups is 4. The molecular formula is C50H72N2O10Pt. The Bertz CT molecular complexity index is 1800. The van der Waals surface area contributed by atoms with Crippen molar-refractivity contribution < 1.29 is 70.1 Å². The number of carboxylic acid groups (broad SMARTS) is 2. The van der Waals surface area contributed by atoms with Crippen LogP contribution in [0.1, 0.15) is 166 Å². The summed E-state index contributed by atoms with van der Waals surface area (Å²) in [5, 5.41) is 39.6. The summed E-state index contributed by atoms with van der Waals surface area (Å²) in [6.45, 7) is 20.6. The molecule has 2 aromatic carbocycles. The first kappa shape index (κ1) is 58.5. The molecule has 0 amide bonds. The van der Waals surface area contributed by atoms with Crippen LogP contribution in [-0.4, -0.2) is 44.3 Å². The summed E-state index contributed by atoms with van der Waals surface area (Å²) in [4.78, 5) is 46.3. The monoisotopic (exact) mass is 1060 g/mol. The van der Waals surface area contributed by atoms with E-state index in [1.54, 1.807) is 12.1 Å². The van der Waals surface area contributed by atoms with Crippen LogP contribution in [0.4, 0.5) is 0 Å². The second-order valence-corrected chi connectivity index (χ2v) is 16.8. The number of ether oxygens (including phenoxy) is 2. The zero-order chi connectivity index (χ0) is 44.5. The maximum absolute atomic E-state index is 12.3. The number of esters is 2. The van der Waals surface area contributed by atoms with Crippen molar-refractivity contribution in [3.63, 3.8) is 0 Å². The number of nitrogens with two attached hydrogens (primary N) is 2. The van der Waals surface area contributed by atoms with Crippen molar-refractivity contribution >= 4 is 23.9 Å². The van der Waals surface area contributed by atoms with Crippen LogP contribution in [0.2, 0.25) is 0 Å². The van der Waals surface area contributed by atoms with Crippen molar-refractivity contribution in [2.75, 3.05) is 0 Å². The first-order chi connectivity index (χ1) is 28.4. The number of carbonyl (C=O) groups excluding carboxylic acids is 2. The van der Waals surface area contributed by atoms with Crippen LogP contribution in [0.5, 0.6) is 23.0 Å². The molecule has 2 aliphatic carbocycles. The quantitative estimate of drug-likeness (QED) is 0.0424. The van der Waals surface area contributed by atoms with Crippen molar-refractivity contribution in [2.24, 2.45) is 11.8 Å². The molecule has 352 valence electrons. The Balaban J connectivity index is 0.00000116. The molecule has 12 nitrogen and oxygen atoms in total. The van der Waals surface area contributed by atoms with E-state index >= 15 is 0 Å². The molecule has 4 atom stereocenters. The number of aromatic hydroxyl groups is 2. The Morgan fingerprint density at radius 1 is 0.619 bits per heavy atom. The fourth-order valence-electron chi connectivity index (χ4n) is 8.20. The van der Waals surface area contributed by atoms with E-state index in [1.807, 2.05) is 26.0 Å². The predicted octanol–water partition coefficient (Wildman–Crippen LogP) is 13.3. The molecule has 0 spiro atoms. The third-order valence-electron chi connectivity index (χ3n) is 11.5. The summed E-state index contributed by atoms with van der Waals surface area (Å²) in [6, 6.07) is 7.20. The van der Waals surface area contributed by atoms with Gasteiger partial charge in [0, 0.05) is 23.0 Å². The molecule has 2 aliphatic rings. The van der Waals surface area contributed by atoms with Gasteiger partial charge in [-0.3, -0.25) is 19.2 Å². The molecule has 0 fully saturated rings. The van der Waals surface area contributed by atoms with Gasteiger partial charge in [-0.05, 0) is 126 Å². The number of phenolic OH excluding ortho intramolecular Hbond substituents is 2. The largest absolute Gasteiger partial charge is 2.00 e. The molecule has 8 N–H and O–H groups in total. The Morgan fingerprint density at radius 2 is 0.968 bits per heavy atom. The van der Waals surface area contributed by atoms with E-state index in [0.717, 1.165) is 99.3 Å². The van der Waals surface area contributed by atoms with Crippen molar-refractivity contribution in [3.8, 4) is 23.0 Å². The molecule has 2 aromatic rings. The molecule has 0 aromatic heterocycles. The minimum atomic E-state index is -1.04. The van der Waals surface area contributed by atoms with Gasteiger partial charge >= 0.3 is 44.9 Å². The normalized spacial score (nSPS) is 17.7. The van der Waals surface area contributed by atoms with E-state index in [2.05, 4.69) is 53.0 Å². The fraction of sp³-hybridized carbons (Fsp3) is 0.520. The molecule has 13 heteroatoms. The second-order valence-electron chi connectivity index (χ2n) is 16.8. The van der Waals surface area contributed by atoms with Crippen LogP contribution in [0.25, 0.3) is 12.3 Å². The predicted molar refractivity (Wildman–Crippen MR) is 246 cm³/mol. The van der Waals surface area contributed by atoms with E-state index in [-0.39, 0.29) is 94.2 Å². The SMILES string of the molecule is C=C(C)[C@H]1CCC(C)=C[C@@H]1c1c(O)cc(CCCCC)cc1OC(=O)CCC(=O)O.C=C(C)[C@H]1CCC(C)=C[C@@H]1c1c(O)cc(CCCCC)cc1OC(=O)CCC(=O)O.[NH2-].[NH2-].[Pt+2]. The summed E-state index contributed by atoms with van der Waals surface area (Å²) < 4.78 is 11.2. The summed E-state index contributed by atoms with van der Waals surface area (Å²) in [5.41, 5.74) is 7.51. The Hall–Kier alpha value is -4.51. The van der Waals surface area contributed by atoms with Gasteiger partial charge in [0.05, 0.1) is 25.7 Å². The number of unbranched alkanes of at least 4 members (excludes halogenated alkanes) is 4. The topological polar surface area (TPSA) is 235 Å². The summed E-state index contributed by atoms with van der Waals surface area (Å²) in [6.07, 6.45) is 14.9. The van der Waals surface area contributed by atoms with Crippen LogP contribution in [-0.2, 0) is 53.1 Å². The molecule has 0 saturated carbocycles. The van der Waals surface area contributed by atoms with E-state index in [9.17, 15) is 29.4 Å². The Kier molecular flexibility index (Phi) is 27.0. The second kappa shape index (κ2) is 29.0. The van der Waals surface area contributed by atoms with Gasteiger partial charge in [0.2, 0.25) is 0 Å². The number of hydrogen-bond acceptors (Lipinski definition) is 8. The number of phenols is 2. The van der Waals surface area contributed by atoms with Gasteiger partial charge < -0.3 is 42.2 Å². The smallest absolute Gasteiger partial charge is 0.693 e. The van der Waals surface area contributed by atoms with Crippen LogP contribution in [0, 0.1) is 11.8 Å². The third-order valence-corrected chi connectivity index (χ3v) is 11.5. The number of aryl methyl sites for hydroxylation is 2. The average Bonchev–Trinajstić information content (AvgIpc) is 3.16. The zero-order valence-corrected chi connectivity index (χ0v) is 40.5. The molecule has 0 heterocycles. The molecule has 0 bridgehead atoms. The molecule has 63 heavy (non-hydrogen) atoms. The Labute approximate surface area is 389 Å². The molecule has 4 rings (SSSR count). The maximum atomic E-state index is 12.3. The maximum Gasteiger partial charge on any atom is 2.00 e. The summed E-state index contributed by atoms with van der Waals surface area (Å²) in [7, 11) is 0. The summed E-state index contributed by atoms with van der Waals surface area (Å²) in [5.74, 6) is -2.39. The van der Waals surface area contributed by atoms with Gasteiger partial charge in [-0.1, -0.05) is 87.1 Å². The third kappa shape index (κ3) is 18.6. The van der Waals surface area contributed by atoms with Gasteiger partial charge in [0.15, 0.2) is 0 Å². The van der Waals surface area contributed by atoms with E-state index in [1.165, 1.54) is 11.1 Å². The van der Waals surface area contributed by atoms with E-state index < -0.39 is 23.9 Å². The molecular weight excluding hydrogens is 984 g/mol. The van der Waals surface area contributed by atoms with Gasteiger partial charge in [0.25, 0.3) is 0 Å². The van der Waals surface area contributed by atoms with Crippen molar-refractivity contribution in [1.82, 2.24) is 0 Å². The van der Waals surface area contributed by atoms with Crippen LogP contribution in [0.15, 0.2) is 71.9 Å². The van der Waals surface area contributed by atoms with Crippen molar-refractivity contribution in [3.05, 3.63) is 106 Å². The fourth-order valence-corrected chi connectivity index (χ4v) is 8.20. The van der Waals surface area contributed by atoms with E-state index in [0.29, 0.717) is 22.6 Å². The van der Waals surface area contributed by atoms with E-state index in [4.69, 9.17) is 19.7 Å². The minimum absolute atomic E-state index is 0. The number of hydrogen-bond donors (Lipinski definition) is 4. The number of benzene rings is 2. The van der Waals surface area contributed by atoms with Gasteiger partial charge in [-0.2, -0.15) is 0 Å². The van der Waals surface area contributed by atoms with Crippen LogP contribution >= 0.6 is 0 Å². The molecule has 0 saturated heterocycles. The van der Waals surface area contributed by atoms with Crippen molar-refractivity contribution in [2.45, 2.75) is 156 Å². The molecule has 0 unspecified atom stereocenters. The van der Waals surface area contributed by atoms with Crippen molar-refractivity contribution in [1.29, 1.82) is 0 Å². The minimum Gasteiger partial charge on any atom is -0.693 e. The van der Waals surface area contributed by atoms with Gasteiger partial charge in [0.1, 0.15) is 23.0 Å². The van der Waals surface area contributed by atoms with Gasteiger partial charge in [-0.25, -0.2) is 0 Å². The number of rotatable bonds is 20. The number of carboxylic acids is 2. The molecule has 0 aliphatic heterocycles. The van der Waals surface area contributed by atoms with Crippen LogP contribution < -0.4 is 9.47 Å². The van der Waals surface area contributed by atoms with Gasteiger partial charge in [-0.15, -0.1) is 0 Å². The summed E-state index contributed by atoms with van der Waals surface area (Å²) >= 11 is 0.